The first-order valence-electron chi connectivity index (χ1n) is 5.54. The highest BCUT2D eigenvalue weighted by molar-refractivity contribution is 14.1. The molecule has 0 bridgehead atoms. The fraction of sp³-hybridized carbons (Fsp3) is 0.600. The van der Waals surface area contributed by atoms with Crippen molar-refractivity contribution < 1.29 is 13.2 Å². The summed E-state index contributed by atoms with van der Waals surface area (Å²) in [5.41, 5.74) is 0.773. The minimum Gasteiger partial charge on any atom is -0.376 e. The highest BCUT2D eigenvalue weighted by atomic mass is 127. The molecule has 9 heteroatoms. The first-order valence-corrected chi connectivity index (χ1v) is 9.40. The number of rotatable bonds is 3. The standard InChI is InChI=1S/C10H13ClIN3O3S/c1-19(16,17)9-6-18-3-2-15(9)8-4-7(5-12)13-10(11)14-8/h4,9H,2-3,5-6H2,1H3/t9-/m0/s1. The lowest BCUT2D eigenvalue weighted by Gasteiger charge is -2.35. The van der Waals surface area contributed by atoms with Crippen molar-refractivity contribution in [3.8, 4) is 0 Å². The molecule has 0 saturated carbocycles. The molecular formula is C10H13ClIN3O3S. The lowest BCUT2D eigenvalue weighted by Crippen LogP contribution is -2.50. The largest absolute Gasteiger partial charge is 0.376 e. The van der Waals surface area contributed by atoms with Crippen LogP contribution in [0.3, 0.4) is 0 Å². The molecule has 1 aromatic rings. The molecule has 1 saturated heterocycles. The van der Waals surface area contributed by atoms with E-state index in [1.54, 1.807) is 11.0 Å². The van der Waals surface area contributed by atoms with Gasteiger partial charge in [-0.1, -0.05) is 22.6 Å². The zero-order chi connectivity index (χ0) is 14.0. The van der Waals surface area contributed by atoms with Crippen LogP contribution in [0.2, 0.25) is 5.28 Å². The van der Waals surface area contributed by atoms with E-state index in [0.717, 1.165) is 5.69 Å². The molecule has 0 spiro atoms. The van der Waals surface area contributed by atoms with Crippen LogP contribution in [0, 0.1) is 0 Å². The summed E-state index contributed by atoms with van der Waals surface area (Å²) < 4.78 is 29.5. The molecule has 0 unspecified atom stereocenters. The summed E-state index contributed by atoms with van der Waals surface area (Å²) in [6.45, 7) is 1.07. The molecule has 1 aromatic heterocycles. The van der Waals surface area contributed by atoms with Gasteiger partial charge >= 0.3 is 0 Å². The van der Waals surface area contributed by atoms with Gasteiger partial charge in [0.05, 0.1) is 18.9 Å². The van der Waals surface area contributed by atoms with E-state index >= 15 is 0 Å². The predicted molar refractivity (Wildman–Crippen MR) is 81.6 cm³/mol. The second-order valence-electron chi connectivity index (χ2n) is 4.17. The van der Waals surface area contributed by atoms with Crippen LogP contribution in [0.5, 0.6) is 0 Å². The van der Waals surface area contributed by atoms with Crippen molar-refractivity contribution in [2.45, 2.75) is 9.80 Å². The molecule has 1 fully saturated rings. The first-order chi connectivity index (χ1) is 8.91. The Bertz CT molecular complexity index is 569. The van der Waals surface area contributed by atoms with Crippen LogP contribution in [0.1, 0.15) is 5.69 Å². The van der Waals surface area contributed by atoms with Gasteiger partial charge in [-0.15, -0.1) is 0 Å². The number of alkyl halides is 1. The lowest BCUT2D eigenvalue weighted by molar-refractivity contribution is 0.112. The Morgan fingerprint density at radius 2 is 2.32 bits per heavy atom. The molecule has 1 aliphatic heterocycles. The Morgan fingerprint density at radius 1 is 1.58 bits per heavy atom. The van der Waals surface area contributed by atoms with Gasteiger partial charge in [-0.25, -0.2) is 18.4 Å². The van der Waals surface area contributed by atoms with E-state index in [2.05, 4.69) is 32.6 Å². The number of morpholine rings is 1. The smallest absolute Gasteiger partial charge is 0.224 e. The summed E-state index contributed by atoms with van der Waals surface area (Å²) in [5.74, 6) is 0.533. The average molecular weight is 418 g/mol. The second kappa shape index (κ2) is 6.06. The Morgan fingerprint density at radius 3 is 2.95 bits per heavy atom. The SMILES string of the molecule is CS(=O)(=O)[C@H]1COCCN1c1cc(CI)nc(Cl)n1. The molecule has 1 atom stereocenters. The van der Waals surface area contributed by atoms with Crippen LogP contribution >= 0.6 is 34.2 Å². The first kappa shape index (κ1) is 15.2. The van der Waals surface area contributed by atoms with Crippen molar-refractivity contribution in [1.29, 1.82) is 0 Å². The van der Waals surface area contributed by atoms with E-state index in [1.165, 1.54) is 6.26 Å². The summed E-state index contributed by atoms with van der Waals surface area (Å²) >= 11 is 8.05. The molecule has 106 valence electrons. The topological polar surface area (TPSA) is 72.4 Å². The molecule has 19 heavy (non-hydrogen) atoms. The summed E-state index contributed by atoms with van der Waals surface area (Å²) in [7, 11) is -3.26. The van der Waals surface area contributed by atoms with E-state index < -0.39 is 15.2 Å². The van der Waals surface area contributed by atoms with Crippen molar-refractivity contribution in [3.05, 3.63) is 17.0 Å². The summed E-state index contributed by atoms with van der Waals surface area (Å²) in [5, 5.41) is -0.600. The van der Waals surface area contributed by atoms with Gasteiger partial charge in [0.2, 0.25) is 5.28 Å². The fourth-order valence-corrected chi connectivity index (χ4v) is 3.47. The summed E-state index contributed by atoms with van der Waals surface area (Å²) in [6.07, 6.45) is 1.20. The normalized spacial score (nSPS) is 20.6. The molecule has 2 rings (SSSR count). The van der Waals surface area contributed by atoms with Crippen LogP contribution in [0.15, 0.2) is 6.07 Å². The van der Waals surface area contributed by atoms with E-state index in [4.69, 9.17) is 16.3 Å². The van der Waals surface area contributed by atoms with Crippen molar-refractivity contribution in [3.63, 3.8) is 0 Å². The molecular weight excluding hydrogens is 405 g/mol. The second-order valence-corrected chi connectivity index (χ2v) is 7.48. The fourth-order valence-electron chi connectivity index (χ4n) is 1.87. The number of hydrogen-bond acceptors (Lipinski definition) is 6. The third kappa shape index (κ3) is 3.67. The summed E-state index contributed by atoms with van der Waals surface area (Å²) in [4.78, 5) is 9.91. The highest BCUT2D eigenvalue weighted by Crippen LogP contribution is 2.23. The molecule has 0 aliphatic carbocycles. The predicted octanol–water partition coefficient (Wildman–Crippen LogP) is 1.27. The molecule has 0 amide bonds. The van der Waals surface area contributed by atoms with Crippen molar-refractivity contribution in [1.82, 2.24) is 9.97 Å². The van der Waals surface area contributed by atoms with Crippen LogP contribution in [-0.4, -0.2) is 49.8 Å². The van der Waals surface area contributed by atoms with Gasteiger partial charge in [0.1, 0.15) is 5.82 Å². The zero-order valence-corrected chi connectivity index (χ0v) is 13.9. The van der Waals surface area contributed by atoms with Crippen LogP contribution in [-0.2, 0) is 19.0 Å². The number of anilines is 1. The Labute approximate surface area is 130 Å². The number of hydrogen-bond donors (Lipinski definition) is 0. The minimum atomic E-state index is -3.26. The number of aromatic nitrogens is 2. The van der Waals surface area contributed by atoms with E-state index in [-0.39, 0.29) is 11.9 Å². The quantitative estimate of drug-likeness (QED) is 0.419. The van der Waals surface area contributed by atoms with Gasteiger partial charge in [0.25, 0.3) is 0 Å². The maximum Gasteiger partial charge on any atom is 0.224 e. The van der Waals surface area contributed by atoms with Gasteiger partial charge in [-0.3, -0.25) is 0 Å². The van der Waals surface area contributed by atoms with Crippen LogP contribution in [0.25, 0.3) is 0 Å². The molecule has 2 heterocycles. The van der Waals surface area contributed by atoms with Crippen molar-refractivity contribution in [2.24, 2.45) is 0 Å². The van der Waals surface area contributed by atoms with E-state index in [9.17, 15) is 8.42 Å². The Balaban J connectivity index is 2.40. The summed E-state index contributed by atoms with van der Waals surface area (Å²) in [6, 6.07) is 1.77. The number of sulfone groups is 1. The van der Waals surface area contributed by atoms with Gasteiger partial charge in [0.15, 0.2) is 15.2 Å². The van der Waals surface area contributed by atoms with Gasteiger partial charge in [-0.05, 0) is 11.6 Å². The third-order valence-electron chi connectivity index (χ3n) is 2.75. The number of ether oxygens (including phenoxy) is 1. The van der Waals surface area contributed by atoms with E-state index in [1.807, 2.05) is 0 Å². The van der Waals surface area contributed by atoms with Crippen molar-refractivity contribution >= 4 is 49.8 Å². The average Bonchev–Trinajstić information content (AvgIpc) is 2.37. The molecule has 0 radical (unpaired) electrons. The minimum absolute atomic E-state index is 0.128. The Kier molecular flexibility index (Phi) is 4.85. The van der Waals surface area contributed by atoms with Gasteiger partial charge < -0.3 is 9.64 Å². The Hall–Kier alpha value is -0.190. The van der Waals surface area contributed by atoms with Crippen molar-refractivity contribution in [2.75, 3.05) is 30.9 Å². The van der Waals surface area contributed by atoms with E-state index in [0.29, 0.717) is 23.4 Å². The molecule has 0 aromatic carbocycles. The van der Waals surface area contributed by atoms with Crippen LogP contribution < -0.4 is 4.90 Å². The molecule has 6 nitrogen and oxygen atoms in total. The third-order valence-corrected chi connectivity index (χ3v) is 5.08. The lowest BCUT2D eigenvalue weighted by atomic mass is 10.3. The number of halogens is 2. The monoisotopic (exact) mass is 417 g/mol. The molecule has 1 aliphatic rings. The zero-order valence-electron chi connectivity index (χ0n) is 10.2. The van der Waals surface area contributed by atoms with Gasteiger partial charge in [-0.2, -0.15) is 0 Å². The highest BCUT2D eigenvalue weighted by Gasteiger charge is 2.32. The molecule has 0 N–H and O–H groups in total. The maximum atomic E-state index is 11.8. The van der Waals surface area contributed by atoms with Gasteiger partial charge in [0, 0.05) is 23.3 Å². The van der Waals surface area contributed by atoms with Crippen LogP contribution in [0.4, 0.5) is 5.82 Å². The number of nitrogens with zero attached hydrogens (tertiary/aromatic N) is 3. The maximum absolute atomic E-state index is 11.8.